The van der Waals surface area contributed by atoms with Gasteiger partial charge in [-0.15, -0.1) is 0 Å². The molecule has 0 aromatic carbocycles. The molecule has 1 aliphatic heterocycles. The molecule has 0 spiro atoms. The first-order valence-electron chi connectivity index (χ1n) is 3.48. The van der Waals surface area contributed by atoms with E-state index in [1.807, 2.05) is 0 Å². The van der Waals surface area contributed by atoms with Crippen molar-refractivity contribution >= 4 is 0 Å². The fourth-order valence-electron chi connectivity index (χ4n) is 1.12. The summed E-state index contributed by atoms with van der Waals surface area (Å²) in [7, 11) is 0. The van der Waals surface area contributed by atoms with Gasteiger partial charge in [-0.1, -0.05) is 0 Å². The van der Waals surface area contributed by atoms with Crippen molar-refractivity contribution in [2.24, 2.45) is 0 Å². The fourth-order valence-corrected chi connectivity index (χ4v) is 1.12. The third-order valence-corrected chi connectivity index (χ3v) is 1.78. The molecular weight excluding hydrogens is 159 g/mol. The van der Waals surface area contributed by atoms with Crippen LogP contribution in [0.15, 0.2) is 0 Å². The van der Waals surface area contributed by atoms with Crippen molar-refractivity contribution in [3.8, 4) is 0 Å². The van der Waals surface area contributed by atoms with E-state index in [2.05, 4.69) is 5.32 Å². The number of hydrogen-bond acceptors (Lipinski definition) is 2. The molecule has 0 amide bonds. The fraction of sp³-hybridized carbons (Fsp3) is 1.00. The van der Waals surface area contributed by atoms with E-state index in [9.17, 15) is 13.2 Å². The maximum atomic E-state index is 11.9. The van der Waals surface area contributed by atoms with Crippen LogP contribution in [0.5, 0.6) is 0 Å². The van der Waals surface area contributed by atoms with Crippen molar-refractivity contribution < 1.29 is 18.3 Å². The molecule has 5 heteroatoms. The van der Waals surface area contributed by atoms with Crippen LogP contribution in [0.1, 0.15) is 12.8 Å². The van der Waals surface area contributed by atoms with Gasteiger partial charge in [0, 0.05) is 6.54 Å². The molecule has 1 heterocycles. The van der Waals surface area contributed by atoms with Gasteiger partial charge in [-0.3, -0.25) is 0 Å². The lowest BCUT2D eigenvalue weighted by atomic mass is 10.0. The first-order chi connectivity index (χ1) is 5.00. The van der Waals surface area contributed by atoms with Gasteiger partial charge in [-0.2, -0.15) is 13.2 Å². The van der Waals surface area contributed by atoms with Crippen molar-refractivity contribution in [2.75, 3.05) is 6.54 Å². The quantitative estimate of drug-likeness (QED) is 0.558. The summed E-state index contributed by atoms with van der Waals surface area (Å²) in [6.45, 7) is 0.0458. The SMILES string of the molecule is OC1CCC(C(F)(F)F)NC1. The highest BCUT2D eigenvalue weighted by molar-refractivity contribution is 4.82. The number of aliphatic hydroxyl groups is 1. The first kappa shape index (κ1) is 8.80. The number of β-amino-alcohol motifs (C(OH)–C–C–N with tert-alkyl or cyclic N) is 1. The van der Waals surface area contributed by atoms with Crippen molar-refractivity contribution in [3.63, 3.8) is 0 Å². The third kappa shape index (κ3) is 2.34. The summed E-state index contributed by atoms with van der Waals surface area (Å²) in [5.41, 5.74) is 0. The number of alkyl halides is 3. The Morgan fingerprint density at radius 1 is 1.27 bits per heavy atom. The van der Waals surface area contributed by atoms with E-state index in [0.717, 1.165) is 0 Å². The average Bonchev–Trinajstić information content (AvgIpc) is 1.86. The molecule has 11 heavy (non-hydrogen) atoms. The summed E-state index contributed by atoms with van der Waals surface area (Å²) in [6.07, 6.45) is -4.57. The molecule has 0 bridgehead atoms. The molecule has 0 saturated carbocycles. The lowest BCUT2D eigenvalue weighted by molar-refractivity contribution is -0.163. The Labute approximate surface area is 62.4 Å². The number of nitrogens with one attached hydrogen (secondary N) is 1. The maximum Gasteiger partial charge on any atom is 0.403 e. The molecule has 1 fully saturated rings. The van der Waals surface area contributed by atoms with Crippen LogP contribution in [0.2, 0.25) is 0 Å². The van der Waals surface area contributed by atoms with Crippen LogP contribution in [0.25, 0.3) is 0 Å². The largest absolute Gasteiger partial charge is 0.403 e. The van der Waals surface area contributed by atoms with Gasteiger partial charge >= 0.3 is 6.18 Å². The minimum Gasteiger partial charge on any atom is -0.392 e. The molecule has 0 aromatic rings. The predicted molar refractivity (Wildman–Crippen MR) is 33.1 cm³/mol. The zero-order valence-corrected chi connectivity index (χ0v) is 5.86. The van der Waals surface area contributed by atoms with Crippen LogP contribution in [0, 0.1) is 0 Å². The van der Waals surface area contributed by atoms with Gasteiger partial charge in [-0.05, 0) is 12.8 Å². The minimum atomic E-state index is -4.17. The lowest BCUT2D eigenvalue weighted by Crippen LogP contribution is -2.49. The highest BCUT2D eigenvalue weighted by Crippen LogP contribution is 2.25. The van der Waals surface area contributed by atoms with Crippen LogP contribution in [0.3, 0.4) is 0 Å². The predicted octanol–water partition coefficient (Wildman–Crippen LogP) is 0.662. The summed E-state index contributed by atoms with van der Waals surface area (Å²) in [5, 5.41) is 11.1. The Bertz CT molecular complexity index is 128. The van der Waals surface area contributed by atoms with Crippen LogP contribution in [-0.2, 0) is 0 Å². The Balaban J connectivity index is 2.39. The van der Waals surface area contributed by atoms with E-state index in [4.69, 9.17) is 5.11 Å². The van der Waals surface area contributed by atoms with E-state index in [0.29, 0.717) is 0 Å². The second kappa shape index (κ2) is 2.98. The molecule has 0 aliphatic carbocycles. The van der Waals surface area contributed by atoms with E-state index in [-0.39, 0.29) is 19.4 Å². The van der Waals surface area contributed by atoms with Crippen molar-refractivity contribution in [2.45, 2.75) is 31.2 Å². The Morgan fingerprint density at radius 2 is 1.91 bits per heavy atom. The summed E-state index contributed by atoms with van der Waals surface area (Å²) in [5.74, 6) is 0. The Morgan fingerprint density at radius 3 is 2.27 bits per heavy atom. The molecule has 1 saturated heterocycles. The van der Waals surface area contributed by atoms with Crippen molar-refractivity contribution in [1.29, 1.82) is 0 Å². The van der Waals surface area contributed by atoms with E-state index < -0.39 is 18.3 Å². The van der Waals surface area contributed by atoms with Gasteiger partial charge < -0.3 is 10.4 Å². The average molecular weight is 169 g/mol. The van der Waals surface area contributed by atoms with Gasteiger partial charge in [0.1, 0.15) is 6.04 Å². The molecule has 2 unspecified atom stereocenters. The summed E-state index contributed by atoms with van der Waals surface area (Å²) < 4.78 is 35.8. The summed E-state index contributed by atoms with van der Waals surface area (Å²) in [4.78, 5) is 0. The highest BCUT2D eigenvalue weighted by Gasteiger charge is 2.41. The van der Waals surface area contributed by atoms with Crippen LogP contribution >= 0.6 is 0 Å². The number of piperidine rings is 1. The van der Waals surface area contributed by atoms with Gasteiger partial charge in [0.15, 0.2) is 0 Å². The van der Waals surface area contributed by atoms with E-state index in [1.165, 1.54) is 0 Å². The Kier molecular flexibility index (Phi) is 2.39. The van der Waals surface area contributed by atoms with Crippen LogP contribution in [-0.4, -0.2) is 30.0 Å². The minimum absolute atomic E-state index is 0.0231. The molecule has 1 aliphatic rings. The second-order valence-corrected chi connectivity index (χ2v) is 2.73. The molecule has 0 aromatic heterocycles. The van der Waals surface area contributed by atoms with Gasteiger partial charge in [0.05, 0.1) is 6.10 Å². The molecule has 2 N–H and O–H groups in total. The normalized spacial score (nSPS) is 33.8. The van der Waals surface area contributed by atoms with Crippen molar-refractivity contribution in [3.05, 3.63) is 0 Å². The van der Waals surface area contributed by atoms with E-state index >= 15 is 0 Å². The van der Waals surface area contributed by atoms with Gasteiger partial charge in [0.25, 0.3) is 0 Å². The van der Waals surface area contributed by atoms with Crippen LogP contribution < -0.4 is 5.32 Å². The van der Waals surface area contributed by atoms with Gasteiger partial charge in [0.2, 0.25) is 0 Å². The Hall–Kier alpha value is -0.290. The molecule has 1 rings (SSSR count). The number of rotatable bonds is 0. The maximum absolute atomic E-state index is 11.9. The highest BCUT2D eigenvalue weighted by atomic mass is 19.4. The smallest absolute Gasteiger partial charge is 0.392 e. The number of hydrogen-bond donors (Lipinski definition) is 2. The standard InChI is InChI=1S/C6H10F3NO/c7-6(8,9)5-2-1-4(11)3-10-5/h4-5,10-11H,1-3H2. The third-order valence-electron chi connectivity index (χ3n) is 1.78. The molecule has 0 radical (unpaired) electrons. The van der Waals surface area contributed by atoms with E-state index in [1.54, 1.807) is 0 Å². The number of halogens is 3. The topological polar surface area (TPSA) is 32.3 Å². The monoisotopic (exact) mass is 169 g/mol. The molecule has 2 nitrogen and oxygen atoms in total. The zero-order chi connectivity index (χ0) is 8.48. The molecular formula is C6H10F3NO. The molecule has 2 atom stereocenters. The van der Waals surface area contributed by atoms with Gasteiger partial charge in [-0.25, -0.2) is 0 Å². The van der Waals surface area contributed by atoms with Crippen molar-refractivity contribution in [1.82, 2.24) is 5.32 Å². The summed E-state index contributed by atoms with van der Waals surface area (Å²) >= 11 is 0. The first-order valence-corrected chi connectivity index (χ1v) is 3.48. The van der Waals surface area contributed by atoms with Crippen LogP contribution in [0.4, 0.5) is 13.2 Å². The number of aliphatic hydroxyl groups excluding tert-OH is 1. The lowest BCUT2D eigenvalue weighted by Gasteiger charge is -2.28. The molecule has 66 valence electrons. The summed E-state index contributed by atoms with van der Waals surface area (Å²) in [6, 6.07) is -1.43. The zero-order valence-electron chi connectivity index (χ0n) is 5.86. The second-order valence-electron chi connectivity index (χ2n) is 2.73.